The molecule has 0 saturated carbocycles. The van der Waals surface area contributed by atoms with Crippen molar-refractivity contribution in [3.63, 3.8) is 0 Å². The average molecular weight is 325 g/mol. The number of carbonyl (C=O) groups excluding carboxylic acids is 2. The molecular formula is C12H24NO7P. The van der Waals surface area contributed by atoms with Crippen LogP contribution in [0.25, 0.3) is 0 Å². The summed E-state index contributed by atoms with van der Waals surface area (Å²) in [6.45, 7) is 2.74. The molecule has 0 rings (SSSR count). The molecule has 0 saturated heterocycles. The molecule has 8 nitrogen and oxygen atoms in total. The Morgan fingerprint density at radius 1 is 0.905 bits per heavy atom. The highest BCUT2D eigenvalue weighted by molar-refractivity contribution is 7.51. The van der Waals surface area contributed by atoms with Crippen LogP contribution in [0.4, 0.5) is 0 Å². The fraction of sp³-hybridized carbons (Fsp3) is 0.833. The summed E-state index contributed by atoms with van der Waals surface area (Å²) >= 11 is 0. The van der Waals surface area contributed by atoms with Crippen LogP contribution in [0.15, 0.2) is 0 Å². The van der Waals surface area contributed by atoms with Crippen molar-refractivity contribution in [3.05, 3.63) is 0 Å². The summed E-state index contributed by atoms with van der Waals surface area (Å²) in [4.78, 5) is 22.3. The smallest absolute Gasteiger partial charge is 0.408 e. The molecule has 0 aromatic carbocycles. The molecule has 0 radical (unpaired) electrons. The van der Waals surface area contributed by atoms with Crippen LogP contribution in [-0.2, 0) is 32.7 Å². The van der Waals surface area contributed by atoms with Gasteiger partial charge < -0.3 is 9.47 Å². The van der Waals surface area contributed by atoms with Crippen LogP contribution in [0.2, 0.25) is 0 Å². The molecule has 0 amide bonds. The second-order valence-electron chi connectivity index (χ2n) is 4.27. The molecule has 0 aromatic heterocycles. The van der Waals surface area contributed by atoms with Crippen molar-refractivity contribution >= 4 is 19.7 Å². The topological polar surface area (TPSA) is 114 Å². The summed E-state index contributed by atoms with van der Waals surface area (Å²) in [5, 5.41) is 0. The van der Waals surface area contributed by atoms with E-state index in [4.69, 9.17) is 5.50 Å². The summed E-state index contributed by atoms with van der Waals surface area (Å²) in [7, 11) is -3.91. The minimum absolute atomic E-state index is 0.255. The lowest BCUT2D eigenvalue weighted by Gasteiger charge is -2.13. The van der Waals surface area contributed by atoms with E-state index >= 15 is 0 Å². The monoisotopic (exact) mass is 325 g/mol. The molecular weight excluding hydrogens is 301 g/mol. The van der Waals surface area contributed by atoms with Crippen LogP contribution in [0.1, 0.15) is 52.4 Å². The highest BCUT2D eigenvalue weighted by atomic mass is 31.2. The van der Waals surface area contributed by atoms with E-state index in [1.807, 2.05) is 13.8 Å². The van der Waals surface area contributed by atoms with Crippen molar-refractivity contribution in [2.45, 2.75) is 52.4 Å². The van der Waals surface area contributed by atoms with E-state index < -0.39 is 33.3 Å². The Balaban J connectivity index is 3.76. The molecule has 0 unspecified atom stereocenters. The maximum absolute atomic E-state index is 11.6. The molecule has 0 fully saturated rings. The van der Waals surface area contributed by atoms with Crippen LogP contribution in [-0.4, -0.2) is 25.5 Å². The Labute approximate surface area is 124 Å². The second kappa shape index (κ2) is 11.7. The lowest BCUT2D eigenvalue weighted by Crippen LogP contribution is -2.13. The molecule has 0 atom stereocenters. The van der Waals surface area contributed by atoms with E-state index in [2.05, 4.69) is 18.5 Å². The number of hydrogen-bond donors (Lipinski definition) is 1. The van der Waals surface area contributed by atoms with Gasteiger partial charge in [-0.2, -0.15) is 0 Å². The predicted octanol–water partition coefficient (Wildman–Crippen LogP) is 2.47. The van der Waals surface area contributed by atoms with Crippen LogP contribution in [0, 0.1) is 0 Å². The zero-order valence-electron chi connectivity index (χ0n) is 12.5. The van der Waals surface area contributed by atoms with Crippen molar-refractivity contribution in [2.75, 3.05) is 13.6 Å². The Morgan fingerprint density at radius 3 is 1.62 bits per heavy atom. The van der Waals surface area contributed by atoms with Crippen LogP contribution >= 0.6 is 7.75 Å². The summed E-state index contributed by atoms with van der Waals surface area (Å²) in [5.41, 5.74) is 5.22. The first-order valence-corrected chi connectivity index (χ1v) is 8.51. The molecule has 0 aliphatic rings. The third-order valence-electron chi connectivity index (χ3n) is 2.37. The number of ether oxygens (including phenoxy) is 2. The van der Waals surface area contributed by atoms with E-state index in [-0.39, 0.29) is 12.8 Å². The van der Waals surface area contributed by atoms with Gasteiger partial charge in [0.15, 0.2) is 0 Å². The summed E-state index contributed by atoms with van der Waals surface area (Å²) in [5.74, 6) is -0.939. The first-order chi connectivity index (χ1) is 9.91. The van der Waals surface area contributed by atoms with Gasteiger partial charge in [-0.15, -0.1) is 0 Å². The van der Waals surface area contributed by atoms with Gasteiger partial charge in [0.05, 0.1) is 0 Å². The molecule has 9 heteroatoms. The molecule has 21 heavy (non-hydrogen) atoms. The number of carbonyl (C=O) groups is 2. The fourth-order valence-corrected chi connectivity index (χ4v) is 1.63. The van der Waals surface area contributed by atoms with E-state index in [1.165, 1.54) is 0 Å². The standard InChI is InChI=1S/C12H24NO7P/c1-3-5-7-11(14)17-9-19-21(13,16)20-10-18-12(15)8-6-4-2/h3-10H2,1-2H3,(H2,13,16). The van der Waals surface area contributed by atoms with Crippen molar-refractivity contribution in [1.82, 2.24) is 0 Å². The van der Waals surface area contributed by atoms with Crippen molar-refractivity contribution in [1.29, 1.82) is 0 Å². The molecule has 2 N–H and O–H groups in total. The highest BCUT2D eigenvalue weighted by Crippen LogP contribution is 2.38. The Kier molecular flexibility index (Phi) is 11.2. The molecule has 124 valence electrons. The molecule has 0 aliphatic carbocycles. The molecule has 0 bridgehead atoms. The van der Waals surface area contributed by atoms with Crippen molar-refractivity contribution < 1.29 is 32.7 Å². The minimum atomic E-state index is -3.91. The Morgan fingerprint density at radius 2 is 1.29 bits per heavy atom. The third kappa shape index (κ3) is 12.5. The lowest BCUT2D eigenvalue weighted by molar-refractivity contribution is -0.152. The first kappa shape index (κ1) is 20.1. The van der Waals surface area contributed by atoms with Gasteiger partial charge in [-0.3, -0.25) is 18.6 Å². The number of rotatable bonds is 12. The maximum Gasteiger partial charge on any atom is 0.408 e. The number of nitrogens with two attached hydrogens (primary N) is 1. The Bertz CT molecular complexity index is 332. The first-order valence-electron chi connectivity index (χ1n) is 6.90. The van der Waals surface area contributed by atoms with Crippen molar-refractivity contribution in [3.8, 4) is 0 Å². The van der Waals surface area contributed by atoms with Crippen LogP contribution in [0.3, 0.4) is 0 Å². The van der Waals surface area contributed by atoms with Crippen LogP contribution < -0.4 is 5.50 Å². The van der Waals surface area contributed by atoms with Gasteiger partial charge in [0.2, 0.25) is 13.6 Å². The SMILES string of the molecule is CCCCC(=O)OCOP(N)(=O)OCOC(=O)CCCC. The molecule has 0 aliphatic heterocycles. The second-order valence-corrected chi connectivity index (χ2v) is 5.87. The highest BCUT2D eigenvalue weighted by Gasteiger charge is 2.20. The van der Waals surface area contributed by atoms with Crippen LogP contribution in [0.5, 0.6) is 0 Å². The average Bonchev–Trinajstić information content (AvgIpc) is 2.42. The van der Waals surface area contributed by atoms with Gasteiger partial charge in [0, 0.05) is 12.8 Å². The third-order valence-corrected chi connectivity index (χ3v) is 3.30. The van der Waals surface area contributed by atoms with Gasteiger partial charge in [0.25, 0.3) is 0 Å². The van der Waals surface area contributed by atoms with Crippen molar-refractivity contribution in [2.24, 2.45) is 5.50 Å². The van der Waals surface area contributed by atoms with Gasteiger partial charge in [-0.25, -0.2) is 10.1 Å². The van der Waals surface area contributed by atoms with Gasteiger partial charge >= 0.3 is 19.7 Å². The molecule has 0 spiro atoms. The summed E-state index contributed by atoms with van der Waals surface area (Å²) < 4.78 is 30.1. The van der Waals surface area contributed by atoms with Gasteiger partial charge in [-0.1, -0.05) is 26.7 Å². The number of unbranched alkanes of at least 4 members (excludes halogenated alkanes) is 2. The molecule has 0 heterocycles. The Hall–Kier alpha value is -0.950. The van der Waals surface area contributed by atoms with E-state index in [1.54, 1.807) is 0 Å². The normalized spacial score (nSPS) is 11.2. The van der Waals surface area contributed by atoms with E-state index in [0.717, 1.165) is 12.8 Å². The summed E-state index contributed by atoms with van der Waals surface area (Å²) in [6.07, 6.45) is 3.62. The zero-order chi connectivity index (χ0) is 16.1. The van der Waals surface area contributed by atoms with E-state index in [0.29, 0.717) is 12.8 Å². The largest absolute Gasteiger partial charge is 0.438 e. The quantitative estimate of drug-likeness (QED) is 0.330. The predicted molar refractivity (Wildman–Crippen MR) is 74.9 cm³/mol. The van der Waals surface area contributed by atoms with Gasteiger partial charge in [-0.05, 0) is 12.8 Å². The zero-order valence-corrected chi connectivity index (χ0v) is 13.4. The minimum Gasteiger partial charge on any atom is -0.438 e. The number of esters is 2. The van der Waals surface area contributed by atoms with E-state index in [9.17, 15) is 14.2 Å². The maximum atomic E-state index is 11.6. The fourth-order valence-electron chi connectivity index (χ4n) is 1.15. The summed E-state index contributed by atoms with van der Waals surface area (Å²) in [6, 6.07) is 0. The lowest BCUT2D eigenvalue weighted by atomic mass is 10.3. The van der Waals surface area contributed by atoms with Gasteiger partial charge in [0.1, 0.15) is 0 Å². The molecule has 0 aromatic rings. The number of hydrogen-bond acceptors (Lipinski definition) is 7.